The van der Waals surface area contributed by atoms with E-state index in [4.69, 9.17) is 14.2 Å². The number of amides is 1. The number of ether oxygens (including phenoxy) is 3. The Labute approximate surface area is 135 Å². The second-order valence-electron chi connectivity index (χ2n) is 5.16. The molecular weight excluding hydrogens is 308 g/mol. The minimum atomic E-state index is -0.0516. The monoisotopic (exact) mass is 328 g/mol. The van der Waals surface area contributed by atoms with Crippen molar-refractivity contribution < 1.29 is 19.0 Å². The van der Waals surface area contributed by atoms with Crippen molar-refractivity contribution in [2.75, 3.05) is 26.5 Å². The average Bonchev–Trinajstić information content (AvgIpc) is 3.00. The zero-order valence-electron chi connectivity index (χ0n) is 12.3. The maximum absolute atomic E-state index is 11.9. The van der Waals surface area contributed by atoms with E-state index in [0.29, 0.717) is 24.7 Å². The number of fused-ring (bicyclic) bond motifs is 1. The molecule has 7 heteroatoms. The van der Waals surface area contributed by atoms with Crippen molar-refractivity contribution in [1.82, 2.24) is 10.6 Å². The van der Waals surface area contributed by atoms with Gasteiger partial charge in [-0.15, -0.1) is 12.4 Å². The Morgan fingerprint density at radius 3 is 3.00 bits per heavy atom. The fourth-order valence-electron chi connectivity index (χ4n) is 2.51. The van der Waals surface area contributed by atoms with Gasteiger partial charge in [0.15, 0.2) is 11.5 Å². The number of carbonyl (C=O) groups excluding carboxylic acids is 1. The molecule has 0 radical (unpaired) electrons. The molecule has 1 aromatic carbocycles. The Morgan fingerprint density at radius 2 is 2.18 bits per heavy atom. The van der Waals surface area contributed by atoms with E-state index >= 15 is 0 Å². The van der Waals surface area contributed by atoms with Gasteiger partial charge in [-0.25, -0.2) is 0 Å². The summed E-state index contributed by atoms with van der Waals surface area (Å²) in [6.45, 7) is 2.10. The molecular formula is C15H21ClN2O4. The number of carbonyl (C=O) groups is 1. The van der Waals surface area contributed by atoms with Crippen LogP contribution < -0.4 is 24.8 Å². The molecule has 1 fully saturated rings. The van der Waals surface area contributed by atoms with E-state index in [1.165, 1.54) is 0 Å². The molecule has 2 N–H and O–H groups in total. The van der Waals surface area contributed by atoms with E-state index in [-0.39, 0.29) is 31.1 Å². The molecule has 1 atom stereocenters. The van der Waals surface area contributed by atoms with Crippen molar-refractivity contribution in [2.45, 2.75) is 25.3 Å². The predicted octanol–water partition coefficient (Wildman–Crippen LogP) is 1.47. The zero-order chi connectivity index (χ0) is 14.5. The first-order chi connectivity index (χ1) is 10.3. The zero-order valence-corrected chi connectivity index (χ0v) is 13.1. The lowest BCUT2D eigenvalue weighted by Crippen LogP contribution is -2.47. The van der Waals surface area contributed by atoms with Gasteiger partial charge in [0.25, 0.3) is 0 Å². The fourth-order valence-corrected chi connectivity index (χ4v) is 2.51. The first-order valence-electron chi connectivity index (χ1n) is 7.36. The summed E-state index contributed by atoms with van der Waals surface area (Å²) in [5.74, 6) is 2.20. The van der Waals surface area contributed by atoms with Gasteiger partial charge in [-0.2, -0.15) is 0 Å². The molecule has 22 heavy (non-hydrogen) atoms. The molecule has 0 aliphatic carbocycles. The normalized spacial score (nSPS) is 19.2. The van der Waals surface area contributed by atoms with Crippen molar-refractivity contribution in [1.29, 1.82) is 0 Å². The third-order valence-corrected chi connectivity index (χ3v) is 3.64. The lowest BCUT2D eigenvalue weighted by Gasteiger charge is -2.22. The quantitative estimate of drug-likeness (QED) is 0.801. The highest BCUT2D eigenvalue weighted by Crippen LogP contribution is 2.34. The summed E-state index contributed by atoms with van der Waals surface area (Å²) in [5, 5.41) is 6.11. The van der Waals surface area contributed by atoms with Gasteiger partial charge < -0.3 is 24.8 Å². The summed E-state index contributed by atoms with van der Waals surface area (Å²) >= 11 is 0. The van der Waals surface area contributed by atoms with Crippen LogP contribution in [0.25, 0.3) is 0 Å². The molecule has 0 saturated carbocycles. The molecule has 2 heterocycles. The lowest BCUT2D eigenvalue weighted by molar-refractivity contribution is -0.123. The lowest BCUT2D eigenvalue weighted by atomic mass is 10.0. The van der Waals surface area contributed by atoms with Gasteiger partial charge in [0.2, 0.25) is 12.7 Å². The highest BCUT2D eigenvalue weighted by Gasteiger charge is 2.19. The number of nitrogens with one attached hydrogen (secondary N) is 2. The highest BCUT2D eigenvalue weighted by atomic mass is 35.5. The number of halogens is 1. The summed E-state index contributed by atoms with van der Waals surface area (Å²) in [6.07, 6.45) is 3.17. The number of piperidine rings is 1. The van der Waals surface area contributed by atoms with Crippen LogP contribution in [0.5, 0.6) is 17.2 Å². The van der Waals surface area contributed by atoms with E-state index < -0.39 is 0 Å². The van der Waals surface area contributed by atoms with E-state index in [1.807, 2.05) is 12.1 Å². The van der Waals surface area contributed by atoms with Gasteiger partial charge >= 0.3 is 0 Å². The topological polar surface area (TPSA) is 68.8 Å². The third kappa shape index (κ3) is 4.18. The third-order valence-electron chi connectivity index (χ3n) is 3.64. The van der Waals surface area contributed by atoms with E-state index in [9.17, 15) is 4.79 Å². The largest absolute Gasteiger partial charge is 0.492 e. The van der Waals surface area contributed by atoms with Gasteiger partial charge in [-0.1, -0.05) is 6.42 Å². The van der Waals surface area contributed by atoms with Crippen LogP contribution >= 0.6 is 12.4 Å². The summed E-state index contributed by atoms with van der Waals surface area (Å²) in [5.41, 5.74) is 0. The average molecular weight is 329 g/mol. The molecule has 0 bridgehead atoms. The van der Waals surface area contributed by atoms with Crippen LogP contribution in [0, 0.1) is 0 Å². The van der Waals surface area contributed by atoms with Crippen LogP contribution in [0.2, 0.25) is 0 Å². The van der Waals surface area contributed by atoms with Gasteiger partial charge in [0, 0.05) is 6.07 Å². The Balaban J connectivity index is 0.00000176. The first-order valence-corrected chi connectivity index (χ1v) is 7.36. The van der Waals surface area contributed by atoms with Crippen LogP contribution in [-0.4, -0.2) is 38.4 Å². The standard InChI is InChI=1S/C15H20N2O4.ClH/c18-15(12-3-1-2-6-16-12)17-7-8-19-11-4-5-13-14(9-11)21-10-20-13;/h4-5,9,12,16H,1-3,6-8,10H2,(H,17,18);1H. The van der Waals surface area contributed by atoms with E-state index in [0.717, 1.165) is 31.6 Å². The summed E-state index contributed by atoms with van der Waals surface area (Å²) < 4.78 is 16.1. The van der Waals surface area contributed by atoms with Crippen molar-refractivity contribution >= 4 is 18.3 Å². The molecule has 122 valence electrons. The number of hydrogen-bond donors (Lipinski definition) is 2. The molecule has 2 aliphatic heterocycles. The van der Waals surface area contributed by atoms with Crippen LogP contribution in [0.1, 0.15) is 19.3 Å². The fraction of sp³-hybridized carbons (Fsp3) is 0.533. The molecule has 1 aromatic rings. The number of hydrogen-bond acceptors (Lipinski definition) is 5. The van der Waals surface area contributed by atoms with Crippen LogP contribution in [0.3, 0.4) is 0 Å². The van der Waals surface area contributed by atoms with Crippen molar-refractivity contribution in [2.24, 2.45) is 0 Å². The Kier molecular flexibility index (Phi) is 6.15. The maximum Gasteiger partial charge on any atom is 0.237 e. The van der Waals surface area contributed by atoms with Crippen molar-refractivity contribution in [3.8, 4) is 17.2 Å². The summed E-state index contributed by atoms with van der Waals surface area (Å²) in [4.78, 5) is 11.9. The maximum atomic E-state index is 11.9. The van der Waals surface area contributed by atoms with Crippen LogP contribution in [0.15, 0.2) is 18.2 Å². The summed E-state index contributed by atoms with van der Waals surface area (Å²) in [7, 11) is 0. The molecule has 1 unspecified atom stereocenters. The van der Waals surface area contributed by atoms with Gasteiger partial charge in [-0.05, 0) is 31.5 Å². The minimum Gasteiger partial charge on any atom is -0.492 e. The SMILES string of the molecule is Cl.O=C(NCCOc1ccc2c(c1)OCO2)C1CCCCN1. The van der Waals surface area contributed by atoms with Gasteiger partial charge in [0.1, 0.15) is 12.4 Å². The predicted molar refractivity (Wildman–Crippen MR) is 84.0 cm³/mol. The van der Waals surface area contributed by atoms with E-state index in [2.05, 4.69) is 10.6 Å². The van der Waals surface area contributed by atoms with Gasteiger partial charge in [0.05, 0.1) is 12.6 Å². The minimum absolute atomic E-state index is 0. The second kappa shape index (κ2) is 8.10. The molecule has 0 aromatic heterocycles. The molecule has 6 nitrogen and oxygen atoms in total. The Morgan fingerprint density at radius 1 is 1.32 bits per heavy atom. The number of rotatable bonds is 5. The molecule has 3 rings (SSSR count). The highest BCUT2D eigenvalue weighted by molar-refractivity contribution is 5.85. The molecule has 2 aliphatic rings. The smallest absolute Gasteiger partial charge is 0.237 e. The van der Waals surface area contributed by atoms with Crippen molar-refractivity contribution in [3.05, 3.63) is 18.2 Å². The Hall–Kier alpha value is -1.66. The van der Waals surface area contributed by atoms with E-state index in [1.54, 1.807) is 6.07 Å². The second-order valence-corrected chi connectivity index (χ2v) is 5.16. The van der Waals surface area contributed by atoms with Gasteiger partial charge in [-0.3, -0.25) is 4.79 Å². The Bertz CT molecular complexity index is 506. The molecule has 0 spiro atoms. The van der Waals surface area contributed by atoms with Crippen LogP contribution in [-0.2, 0) is 4.79 Å². The molecule has 1 amide bonds. The number of benzene rings is 1. The van der Waals surface area contributed by atoms with Crippen molar-refractivity contribution in [3.63, 3.8) is 0 Å². The summed E-state index contributed by atoms with van der Waals surface area (Å²) in [6, 6.07) is 5.40. The molecule has 1 saturated heterocycles. The first kappa shape index (κ1) is 16.7. The van der Waals surface area contributed by atoms with Crippen LogP contribution in [0.4, 0.5) is 0 Å².